The standard InChI is InChI=1S/C19H19Cl2NO4/c1-13-10-15(21)7-8-17(13)25-9-3-6-19(24)26-12-18(23)22-16-5-2-4-14(20)11-16/h2,4-5,7-8,10-11H,3,6,9,12H2,1H3,(H,22,23). The van der Waals surface area contributed by atoms with Gasteiger partial charge in [0.1, 0.15) is 5.75 Å². The number of esters is 1. The van der Waals surface area contributed by atoms with Gasteiger partial charge in [0.25, 0.3) is 5.91 Å². The average molecular weight is 396 g/mol. The molecular weight excluding hydrogens is 377 g/mol. The quantitative estimate of drug-likeness (QED) is 0.522. The Morgan fingerprint density at radius 3 is 2.58 bits per heavy atom. The maximum Gasteiger partial charge on any atom is 0.306 e. The van der Waals surface area contributed by atoms with E-state index in [1.165, 1.54) is 0 Å². The number of carbonyl (C=O) groups excluding carboxylic acids is 2. The van der Waals surface area contributed by atoms with Crippen LogP contribution >= 0.6 is 23.2 Å². The highest BCUT2D eigenvalue weighted by atomic mass is 35.5. The van der Waals surface area contributed by atoms with Crippen LogP contribution in [0.1, 0.15) is 18.4 Å². The van der Waals surface area contributed by atoms with Crippen molar-refractivity contribution in [3.05, 3.63) is 58.1 Å². The van der Waals surface area contributed by atoms with Crippen LogP contribution in [0.15, 0.2) is 42.5 Å². The van der Waals surface area contributed by atoms with Crippen LogP contribution in [0.3, 0.4) is 0 Å². The maximum absolute atomic E-state index is 11.7. The number of hydrogen-bond donors (Lipinski definition) is 1. The van der Waals surface area contributed by atoms with E-state index in [4.69, 9.17) is 32.7 Å². The topological polar surface area (TPSA) is 64.6 Å². The highest BCUT2D eigenvalue weighted by Crippen LogP contribution is 2.22. The van der Waals surface area contributed by atoms with Gasteiger partial charge in [-0.25, -0.2) is 0 Å². The summed E-state index contributed by atoms with van der Waals surface area (Å²) in [5.41, 5.74) is 1.48. The number of aryl methyl sites for hydroxylation is 1. The van der Waals surface area contributed by atoms with Crippen LogP contribution < -0.4 is 10.1 Å². The first-order valence-electron chi connectivity index (χ1n) is 8.04. The number of nitrogens with one attached hydrogen (secondary N) is 1. The van der Waals surface area contributed by atoms with Gasteiger partial charge in [-0.05, 0) is 55.3 Å². The molecule has 2 aromatic carbocycles. The summed E-state index contributed by atoms with van der Waals surface area (Å²) in [6.45, 7) is 1.92. The molecule has 0 unspecified atom stereocenters. The average Bonchev–Trinajstić information content (AvgIpc) is 2.58. The summed E-state index contributed by atoms with van der Waals surface area (Å²) in [5.74, 6) is -0.153. The Morgan fingerprint density at radius 1 is 1.08 bits per heavy atom. The second kappa shape index (κ2) is 10.0. The van der Waals surface area contributed by atoms with Gasteiger partial charge in [0, 0.05) is 22.2 Å². The highest BCUT2D eigenvalue weighted by Gasteiger charge is 2.08. The summed E-state index contributed by atoms with van der Waals surface area (Å²) in [4.78, 5) is 23.4. The molecule has 5 nitrogen and oxygen atoms in total. The van der Waals surface area contributed by atoms with E-state index in [9.17, 15) is 9.59 Å². The lowest BCUT2D eigenvalue weighted by atomic mass is 10.2. The first-order valence-corrected chi connectivity index (χ1v) is 8.79. The normalized spacial score (nSPS) is 10.3. The maximum atomic E-state index is 11.7. The van der Waals surface area contributed by atoms with E-state index in [1.807, 2.05) is 13.0 Å². The molecule has 0 saturated heterocycles. The zero-order valence-electron chi connectivity index (χ0n) is 14.3. The molecule has 7 heteroatoms. The van der Waals surface area contributed by atoms with E-state index in [1.54, 1.807) is 36.4 Å². The largest absolute Gasteiger partial charge is 0.493 e. The van der Waals surface area contributed by atoms with Crippen molar-refractivity contribution in [2.24, 2.45) is 0 Å². The van der Waals surface area contributed by atoms with Crippen molar-refractivity contribution < 1.29 is 19.1 Å². The van der Waals surface area contributed by atoms with Crippen molar-refractivity contribution in [2.75, 3.05) is 18.5 Å². The summed E-state index contributed by atoms with van der Waals surface area (Å²) in [7, 11) is 0. The molecule has 0 aliphatic carbocycles. The van der Waals surface area contributed by atoms with Gasteiger partial charge in [-0.2, -0.15) is 0 Å². The number of hydrogen-bond acceptors (Lipinski definition) is 4. The molecule has 1 N–H and O–H groups in total. The number of ether oxygens (including phenoxy) is 2. The molecule has 138 valence electrons. The lowest BCUT2D eigenvalue weighted by Crippen LogP contribution is -2.21. The molecule has 0 heterocycles. The van der Waals surface area contributed by atoms with Crippen molar-refractivity contribution in [3.63, 3.8) is 0 Å². The van der Waals surface area contributed by atoms with Gasteiger partial charge >= 0.3 is 5.97 Å². The molecule has 0 aliphatic rings. The van der Waals surface area contributed by atoms with Crippen LogP contribution in [0.4, 0.5) is 5.69 Å². The summed E-state index contributed by atoms with van der Waals surface area (Å²) in [6.07, 6.45) is 0.647. The van der Waals surface area contributed by atoms with Gasteiger partial charge in [-0.3, -0.25) is 9.59 Å². The minimum absolute atomic E-state index is 0.164. The number of halogens is 2. The summed E-state index contributed by atoms with van der Waals surface area (Å²) in [5, 5.41) is 3.76. The fourth-order valence-electron chi connectivity index (χ4n) is 2.15. The number of carbonyl (C=O) groups is 2. The summed E-state index contributed by atoms with van der Waals surface area (Å²) < 4.78 is 10.5. The van der Waals surface area contributed by atoms with Crippen LogP contribution in [-0.2, 0) is 14.3 Å². The van der Waals surface area contributed by atoms with Gasteiger partial charge in [0.2, 0.25) is 0 Å². The molecule has 0 bridgehead atoms. The van der Waals surface area contributed by atoms with Gasteiger partial charge in [-0.15, -0.1) is 0 Å². The molecule has 2 rings (SSSR count). The Kier molecular flexibility index (Phi) is 7.75. The van der Waals surface area contributed by atoms with Gasteiger partial charge in [0.05, 0.1) is 6.61 Å². The Morgan fingerprint density at radius 2 is 1.85 bits per heavy atom. The molecule has 1 amide bonds. The van der Waals surface area contributed by atoms with Gasteiger partial charge < -0.3 is 14.8 Å². The first-order chi connectivity index (χ1) is 12.4. The molecule has 0 atom stereocenters. The predicted molar refractivity (Wildman–Crippen MR) is 102 cm³/mol. The molecule has 2 aromatic rings. The van der Waals surface area contributed by atoms with E-state index < -0.39 is 11.9 Å². The van der Waals surface area contributed by atoms with Gasteiger partial charge in [0.15, 0.2) is 6.61 Å². The Bertz CT molecular complexity index is 780. The monoisotopic (exact) mass is 395 g/mol. The first kappa shape index (κ1) is 20.1. The minimum Gasteiger partial charge on any atom is -0.493 e. The third-order valence-corrected chi connectivity index (χ3v) is 3.86. The molecule has 0 spiro atoms. The molecule has 0 fully saturated rings. The van der Waals surface area contributed by atoms with Crippen LogP contribution in [0.25, 0.3) is 0 Å². The van der Waals surface area contributed by atoms with Crippen molar-refractivity contribution in [3.8, 4) is 5.75 Å². The fourth-order valence-corrected chi connectivity index (χ4v) is 2.57. The molecule has 0 saturated carbocycles. The summed E-state index contributed by atoms with van der Waals surface area (Å²) in [6, 6.07) is 12.1. The lowest BCUT2D eigenvalue weighted by molar-refractivity contribution is -0.147. The highest BCUT2D eigenvalue weighted by molar-refractivity contribution is 6.31. The predicted octanol–water partition coefficient (Wildman–Crippen LogP) is 4.64. The summed E-state index contributed by atoms with van der Waals surface area (Å²) >= 11 is 11.7. The molecule has 0 aromatic heterocycles. The zero-order chi connectivity index (χ0) is 18.9. The Balaban J connectivity index is 1.63. The number of rotatable bonds is 8. The van der Waals surface area contributed by atoms with E-state index >= 15 is 0 Å². The second-order valence-electron chi connectivity index (χ2n) is 5.58. The zero-order valence-corrected chi connectivity index (χ0v) is 15.8. The third-order valence-electron chi connectivity index (χ3n) is 3.39. The number of amides is 1. The van der Waals surface area contributed by atoms with Crippen LogP contribution in [0.2, 0.25) is 10.0 Å². The van der Waals surface area contributed by atoms with Crippen LogP contribution in [-0.4, -0.2) is 25.1 Å². The van der Waals surface area contributed by atoms with Crippen molar-refractivity contribution in [2.45, 2.75) is 19.8 Å². The van der Waals surface area contributed by atoms with Crippen molar-refractivity contribution in [1.82, 2.24) is 0 Å². The number of benzene rings is 2. The molecule has 26 heavy (non-hydrogen) atoms. The van der Waals surface area contributed by atoms with E-state index in [0.717, 1.165) is 11.3 Å². The van der Waals surface area contributed by atoms with Gasteiger partial charge in [-0.1, -0.05) is 29.3 Å². The number of anilines is 1. The minimum atomic E-state index is -0.456. The lowest BCUT2D eigenvalue weighted by Gasteiger charge is -2.09. The Labute approximate surface area is 162 Å². The smallest absolute Gasteiger partial charge is 0.306 e. The van der Waals surface area contributed by atoms with Crippen LogP contribution in [0, 0.1) is 6.92 Å². The van der Waals surface area contributed by atoms with Crippen molar-refractivity contribution in [1.29, 1.82) is 0 Å². The SMILES string of the molecule is Cc1cc(Cl)ccc1OCCCC(=O)OCC(=O)Nc1cccc(Cl)c1. The van der Waals surface area contributed by atoms with E-state index in [2.05, 4.69) is 5.32 Å². The Hall–Kier alpha value is -2.24. The molecular formula is C19H19Cl2NO4. The molecule has 0 radical (unpaired) electrons. The van der Waals surface area contributed by atoms with Crippen molar-refractivity contribution >= 4 is 40.8 Å². The fraction of sp³-hybridized carbons (Fsp3) is 0.263. The van der Waals surface area contributed by atoms with E-state index in [0.29, 0.717) is 28.8 Å². The molecule has 0 aliphatic heterocycles. The third kappa shape index (κ3) is 6.94. The second-order valence-corrected chi connectivity index (χ2v) is 6.45. The van der Waals surface area contributed by atoms with Crippen LogP contribution in [0.5, 0.6) is 5.75 Å². The van der Waals surface area contributed by atoms with E-state index in [-0.39, 0.29) is 13.0 Å².